The molecule has 2 aromatic carbocycles. The summed E-state index contributed by atoms with van der Waals surface area (Å²) in [6, 6.07) is 15.3. The number of rotatable bonds is 17. The van der Waals surface area contributed by atoms with Gasteiger partial charge >= 0.3 is 0 Å². The molecule has 3 atom stereocenters. The van der Waals surface area contributed by atoms with E-state index in [2.05, 4.69) is 13.8 Å². The largest absolute Gasteiger partial charge is 0.493 e. The van der Waals surface area contributed by atoms with Crippen molar-refractivity contribution in [3.05, 3.63) is 59.7 Å². The molecule has 0 aromatic heterocycles. The second-order valence-corrected chi connectivity index (χ2v) is 10.2. The molecule has 0 radical (unpaired) electrons. The standard InChI is InChI=1S/C30H40O8/c1-20(32)14-23(21(2)33)16-36-18-27(35)19-38-29-12-8-26(9-13-29)30(4,5)25-6-10-28(11-7-25)37-17-24(15-31)22(3)34/h6-13,23-24,27,31,35H,14-19H2,1-5H3. The van der Waals surface area contributed by atoms with Crippen LogP contribution >= 0.6 is 0 Å². The predicted molar refractivity (Wildman–Crippen MR) is 144 cm³/mol. The third kappa shape index (κ3) is 9.67. The van der Waals surface area contributed by atoms with Gasteiger partial charge in [0.2, 0.25) is 0 Å². The van der Waals surface area contributed by atoms with Gasteiger partial charge in [0, 0.05) is 17.8 Å². The highest BCUT2D eigenvalue weighted by Crippen LogP contribution is 2.33. The van der Waals surface area contributed by atoms with E-state index in [-0.39, 0.29) is 62.2 Å². The Bertz CT molecular complexity index is 1040. The molecule has 2 N–H and O–H groups in total. The van der Waals surface area contributed by atoms with Gasteiger partial charge in [-0.3, -0.25) is 9.59 Å². The zero-order valence-corrected chi connectivity index (χ0v) is 22.9. The molecule has 0 heterocycles. The SMILES string of the molecule is CC(=O)CC(COCC(O)COc1ccc(C(C)(C)c2ccc(OCC(CO)C(C)=O)cc2)cc1)C(C)=O. The van der Waals surface area contributed by atoms with E-state index >= 15 is 0 Å². The van der Waals surface area contributed by atoms with Crippen LogP contribution in [0.4, 0.5) is 0 Å². The first-order chi connectivity index (χ1) is 17.9. The molecule has 3 unspecified atom stereocenters. The Kier molecular flexibility index (Phi) is 12.1. The van der Waals surface area contributed by atoms with E-state index in [4.69, 9.17) is 14.2 Å². The van der Waals surface area contributed by atoms with E-state index in [1.807, 2.05) is 48.5 Å². The smallest absolute Gasteiger partial charge is 0.138 e. The molecular weight excluding hydrogens is 488 g/mol. The monoisotopic (exact) mass is 528 g/mol. The van der Waals surface area contributed by atoms with Gasteiger partial charge in [-0.2, -0.15) is 0 Å². The molecule has 8 heteroatoms. The highest BCUT2D eigenvalue weighted by atomic mass is 16.5. The van der Waals surface area contributed by atoms with Crippen LogP contribution < -0.4 is 9.47 Å². The van der Waals surface area contributed by atoms with Crippen molar-refractivity contribution < 1.29 is 38.8 Å². The van der Waals surface area contributed by atoms with Crippen molar-refractivity contribution in [1.82, 2.24) is 0 Å². The number of carbonyl (C=O) groups is 3. The molecule has 0 fully saturated rings. The van der Waals surface area contributed by atoms with Gasteiger partial charge in [-0.25, -0.2) is 0 Å². The Balaban J connectivity index is 1.87. The third-order valence-corrected chi connectivity index (χ3v) is 6.58. The van der Waals surface area contributed by atoms with Crippen molar-refractivity contribution >= 4 is 17.3 Å². The molecule has 0 saturated heterocycles. The highest BCUT2D eigenvalue weighted by Gasteiger charge is 2.23. The summed E-state index contributed by atoms with van der Waals surface area (Å²) >= 11 is 0. The van der Waals surface area contributed by atoms with Gasteiger partial charge in [-0.15, -0.1) is 0 Å². The van der Waals surface area contributed by atoms with Crippen molar-refractivity contribution in [3.8, 4) is 11.5 Å². The molecule has 0 aliphatic heterocycles. The van der Waals surface area contributed by atoms with Crippen molar-refractivity contribution in [1.29, 1.82) is 0 Å². The van der Waals surface area contributed by atoms with E-state index < -0.39 is 17.9 Å². The number of hydrogen-bond donors (Lipinski definition) is 2. The van der Waals surface area contributed by atoms with E-state index in [1.54, 1.807) is 0 Å². The predicted octanol–water partition coefficient (Wildman–Crippen LogP) is 3.53. The zero-order valence-electron chi connectivity index (χ0n) is 22.9. The van der Waals surface area contributed by atoms with Crippen LogP contribution in [0, 0.1) is 11.8 Å². The second-order valence-electron chi connectivity index (χ2n) is 10.2. The normalized spacial score (nSPS) is 13.9. The van der Waals surface area contributed by atoms with Crippen molar-refractivity contribution in [3.63, 3.8) is 0 Å². The van der Waals surface area contributed by atoms with Crippen LogP contribution in [0.15, 0.2) is 48.5 Å². The molecule has 0 saturated carbocycles. The summed E-state index contributed by atoms with van der Waals surface area (Å²) in [6.45, 7) is 8.54. The summed E-state index contributed by atoms with van der Waals surface area (Å²) in [5.41, 5.74) is 1.84. The lowest BCUT2D eigenvalue weighted by atomic mass is 9.78. The lowest BCUT2D eigenvalue weighted by Crippen LogP contribution is -2.27. The molecule has 0 aliphatic rings. The van der Waals surface area contributed by atoms with Crippen LogP contribution in [-0.2, 0) is 24.5 Å². The van der Waals surface area contributed by atoms with Gasteiger partial charge in [0.1, 0.15) is 48.2 Å². The summed E-state index contributed by atoms with van der Waals surface area (Å²) in [5, 5.41) is 19.4. The number of carbonyl (C=O) groups excluding carboxylic acids is 3. The van der Waals surface area contributed by atoms with E-state index in [0.29, 0.717) is 11.5 Å². The van der Waals surface area contributed by atoms with Crippen LogP contribution in [0.3, 0.4) is 0 Å². The summed E-state index contributed by atoms with van der Waals surface area (Å²) in [6.07, 6.45) is -0.741. The zero-order chi connectivity index (χ0) is 28.3. The fourth-order valence-electron chi connectivity index (χ4n) is 3.85. The average molecular weight is 529 g/mol. The number of hydrogen-bond acceptors (Lipinski definition) is 8. The first kappa shape index (κ1) is 31.1. The quantitative estimate of drug-likeness (QED) is 0.320. The van der Waals surface area contributed by atoms with Crippen molar-refractivity contribution in [2.24, 2.45) is 11.8 Å². The number of aliphatic hydroxyl groups excluding tert-OH is 2. The Morgan fingerprint density at radius 1 is 0.737 bits per heavy atom. The Labute approximate surface area is 224 Å². The molecule has 0 bridgehead atoms. The van der Waals surface area contributed by atoms with E-state index in [1.165, 1.54) is 20.8 Å². The summed E-state index contributed by atoms with van der Waals surface area (Å²) < 4.78 is 16.8. The molecule has 38 heavy (non-hydrogen) atoms. The molecule has 0 aliphatic carbocycles. The van der Waals surface area contributed by atoms with Crippen molar-refractivity contribution in [2.45, 2.75) is 52.6 Å². The maximum atomic E-state index is 11.6. The molecular formula is C30H40O8. The second kappa shape index (κ2) is 14.8. The van der Waals surface area contributed by atoms with Crippen LogP contribution in [-0.4, -0.2) is 66.7 Å². The van der Waals surface area contributed by atoms with E-state index in [0.717, 1.165) is 11.1 Å². The van der Waals surface area contributed by atoms with Crippen LogP contribution in [0.5, 0.6) is 11.5 Å². The van der Waals surface area contributed by atoms with Crippen LogP contribution in [0.1, 0.15) is 52.2 Å². The van der Waals surface area contributed by atoms with Gasteiger partial charge in [-0.05, 0) is 56.2 Å². The van der Waals surface area contributed by atoms with Gasteiger partial charge in [0.25, 0.3) is 0 Å². The fraction of sp³-hybridized carbons (Fsp3) is 0.500. The minimum absolute atomic E-state index is 0.00190. The highest BCUT2D eigenvalue weighted by molar-refractivity contribution is 5.85. The summed E-state index contributed by atoms with van der Waals surface area (Å²) in [7, 11) is 0. The summed E-state index contributed by atoms with van der Waals surface area (Å²) in [4.78, 5) is 34.3. The third-order valence-electron chi connectivity index (χ3n) is 6.58. The lowest BCUT2D eigenvalue weighted by molar-refractivity contribution is -0.128. The molecule has 2 aromatic rings. The maximum Gasteiger partial charge on any atom is 0.138 e. The molecule has 8 nitrogen and oxygen atoms in total. The molecule has 208 valence electrons. The number of ether oxygens (including phenoxy) is 3. The van der Waals surface area contributed by atoms with Gasteiger partial charge < -0.3 is 29.2 Å². The lowest BCUT2D eigenvalue weighted by Gasteiger charge is -2.26. The molecule has 2 rings (SSSR count). The first-order valence-electron chi connectivity index (χ1n) is 12.8. The van der Waals surface area contributed by atoms with Gasteiger partial charge in [0.15, 0.2) is 0 Å². The average Bonchev–Trinajstić information content (AvgIpc) is 2.87. The Hall–Kier alpha value is -3.07. The van der Waals surface area contributed by atoms with Crippen molar-refractivity contribution in [2.75, 3.05) is 33.0 Å². The number of aliphatic hydroxyl groups is 2. The Morgan fingerprint density at radius 3 is 1.63 bits per heavy atom. The first-order valence-corrected chi connectivity index (χ1v) is 12.8. The fourth-order valence-corrected chi connectivity index (χ4v) is 3.85. The Morgan fingerprint density at radius 2 is 1.21 bits per heavy atom. The molecule has 0 spiro atoms. The van der Waals surface area contributed by atoms with Gasteiger partial charge in [-0.1, -0.05) is 38.1 Å². The van der Waals surface area contributed by atoms with Gasteiger partial charge in [0.05, 0.1) is 25.7 Å². The number of benzene rings is 2. The minimum atomic E-state index is -0.875. The number of ketones is 3. The molecule has 0 amide bonds. The minimum Gasteiger partial charge on any atom is -0.493 e. The van der Waals surface area contributed by atoms with Crippen LogP contribution in [0.2, 0.25) is 0 Å². The topological polar surface area (TPSA) is 119 Å². The van der Waals surface area contributed by atoms with Crippen LogP contribution in [0.25, 0.3) is 0 Å². The maximum absolute atomic E-state index is 11.6. The summed E-state index contributed by atoms with van der Waals surface area (Å²) in [5.74, 6) is -0.0828. The number of Topliss-reactive ketones (excluding diaryl/α,β-unsaturated/α-hetero) is 3. The van der Waals surface area contributed by atoms with E-state index in [9.17, 15) is 24.6 Å².